The lowest BCUT2D eigenvalue weighted by atomic mass is 10.1. The van der Waals surface area contributed by atoms with Crippen molar-refractivity contribution in [1.29, 1.82) is 0 Å². The van der Waals surface area contributed by atoms with E-state index in [0.717, 1.165) is 12.0 Å². The molecule has 2 rings (SSSR count). The Morgan fingerprint density at radius 1 is 0.900 bits per heavy atom. The van der Waals surface area contributed by atoms with Gasteiger partial charge < -0.3 is 0 Å². The maximum absolute atomic E-state index is 13.0. The SMILES string of the molecule is O=S(=O)(CCCc1ccccc1)Cc1cccc(F)c1. The minimum atomic E-state index is -3.19. The third-order valence-electron chi connectivity index (χ3n) is 3.04. The summed E-state index contributed by atoms with van der Waals surface area (Å²) in [5.41, 5.74) is 1.64. The fourth-order valence-electron chi connectivity index (χ4n) is 2.09. The number of rotatable bonds is 6. The summed E-state index contributed by atoms with van der Waals surface area (Å²) in [6.45, 7) is 0. The van der Waals surface area contributed by atoms with Crippen molar-refractivity contribution >= 4 is 9.84 Å². The normalized spacial score (nSPS) is 11.4. The fourth-order valence-corrected chi connectivity index (χ4v) is 3.51. The van der Waals surface area contributed by atoms with Gasteiger partial charge in [0.1, 0.15) is 5.82 Å². The van der Waals surface area contributed by atoms with Crippen LogP contribution in [0.15, 0.2) is 54.6 Å². The molecule has 0 saturated carbocycles. The zero-order valence-electron chi connectivity index (χ0n) is 11.1. The van der Waals surface area contributed by atoms with Crippen LogP contribution in [0, 0.1) is 5.82 Å². The van der Waals surface area contributed by atoms with Gasteiger partial charge in [-0.05, 0) is 36.1 Å². The van der Waals surface area contributed by atoms with Crippen LogP contribution in [0.4, 0.5) is 4.39 Å². The Balaban J connectivity index is 1.88. The van der Waals surface area contributed by atoms with Crippen LogP contribution in [0.3, 0.4) is 0 Å². The first-order valence-electron chi connectivity index (χ1n) is 6.54. The molecule has 0 radical (unpaired) electrons. The van der Waals surface area contributed by atoms with Gasteiger partial charge in [-0.15, -0.1) is 0 Å². The van der Waals surface area contributed by atoms with E-state index in [-0.39, 0.29) is 11.5 Å². The van der Waals surface area contributed by atoms with Gasteiger partial charge in [-0.3, -0.25) is 0 Å². The lowest BCUT2D eigenvalue weighted by molar-refractivity contribution is 0.592. The predicted octanol–water partition coefficient (Wildman–Crippen LogP) is 3.37. The van der Waals surface area contributed by atoms with Gasteiger partial charge in [0.2, 0.25) is 0 Å². The van der Waals surface area contributed by atoms with Crippen molar-refractivity contribution in [3.8, 4) is 0 Å². The maximum atomic E-state index is 13.0. The van der Waals surface area contributed by atoms with Crippen LogP contribution in [-0.4, -0.2) is 14.2 Å². The van der Waals surface area contributed by atoms with E-state index in [9.17, 15) is 12.8 Å². The van der Waals surface area contributed by atoms with Crippen LogP contribution in [0.5, 0.6) is 0 Å². The average Bonchev–Trinajstić information content (AvgIpc) is 2.39. The summed E-state index contributed by atoms with van der Waals surface area (Å²) in [5, 5.41) is 0. The molecule has 0 N–H and O–H groups in total. The second kappa shape index (κ2) is 6.66. The molecular formula is C16H17FO2S. The molecule has 0 spiro atoms. The molecule has 0 aliphatic carbocycles. The Morgan fingerprint density at radius 3 is 2.30 bits per heavy atom. The fraction of sp³-hybridized carbons (Fsp3) is 0.250. The summed E-state index contributed by atoms with van der Waals surface area (Å²) in [5.74, 6) is -0.375. The topological polar surface area (TPSA) is 34.1 Å². The smallest absolute Gasteiger partial charge is 0.154 e. The lowest BCUT2D eigenvalue weighted by Gasteiger charge is -2.05. The first-order valence-corrected chi connectivity index (χ1v) is 8.36. The minimum Gasteiger partial charge on any atom is -0.228 e. The first kappa shape index (κ1) is 14.7. The highest BCUT2D eigenvalue weighted by atomic mass is 32.2. The van der Waals surface area contributed by atoms with Crippen molar-refractivity contribution in [1.82, 2.24) is 0 Å². The van der Waals surface area contributed by atoms with Crippen molar-refractivity contribution in [3.63, 3.8) is 0 Å². The Bertz CT molecular complexity index is 651. The quantitative estimate of drug-likeness (QED) is 0.818. The lowest BCUT2D eigenvalue weighted by Crippen LogP contribution is -2.10. The number of halogens is 1. The van der Waals surface area contributed by atoms with Gasteiger partial charge in [0.05, 0.1) is 11.5 Å². The largest absolute Gasteiger partial charge is 0.228 e. The van der Waals surface area contributed by atoms with E-state index >= 15 is 0 Å². The summed E-state index contributed by atoms with van der Waals surface area (Å²) in [7, 11) is -3.19. The third kappa shape index (κ3) is 4.78. The van der Waals surface area contributed by atoms with E-state index in [0.29, 0.717) is 12.0 Å². The van der Waals surface area contributed by atoms with E-state index in [2.05, 4.69) is 0 Å². The van der Waals surface area contributed by atoms with E-state index in [1.165, 1.54) is 18.2 Å². The highest BCUT2D eigenvalue weighted by molar-refractivity contribution is 7.90. The van der Waals surface area contributed by atoms with Crippen molar-refractivity contribution < 1.29 is 12.8 Å². The van der Waals surface area contributed by atoms with Crippen LogP contribution < -0.4 is 0 Å². The maximum Gasteiger partial charge on any atom is 0.154 e. The molecule has 106 valence electrons. The molecule has 0 heterocycles. The number of aryl methyl sites for hydroxylation is 1. The predicted molar refractivity (Wildman–Crippen MR) is 78.7 cm³/mol. The molecule has 0 bridgehead atoms. The molecule has 0 fully saturated rings. The number of hydrogen-bond donors (Lipinski definition) is 0. The summed E-state index contributed by atoms with van der Waals surface area (Å²) in [6.07, 6.45) is 1.32. The van der Waals surface area contributed by atoms with Gasteiger partial charge >= 0.3 is 0 Å². The van der Waals surface area contributed by atoms with E-state index < -0.39 is 15.7 Å². The molecule has 2 aromatic rings. The van der Waals surface area contributed by atoms with Crippen molar-refractivity contribution in [2.75, 3.05) is 5.75 Å². The summed E-state index contributed by atoms with van der Waals surface area (Å²) < 4.78 is 37.0. The van der Waals surface area contributed by atoms with Crippen LogP contribution in [0.1, 0.15) is 17.5 Å². The van der Waals surface area contributed by atoms with Gasteiger partial charge in [0, 0.05) is 0 Å². The number of hydrogen-bond acceptors (Lipinski definition) is 2. The zero-order chi connectivity index (χ0) is 14.4. The van der Waals surface area contributed by atoms with E-state index in [1.54, 1.807) is 6.07 Å². The van der Waals surface area contributed by atoms with Crippen molar-refractivity contribution in [3.05, 3.63) is 71.5 Å². The van der Waals surface area contributed by atoms with Crippen LogP contribution in [-0.2, 0) is 22.0 Å². The molecule has 0 unspecified atom stereocenters. The Labute approximate surface area is 119 Å². The van der Waals surface area contributed by atoms with E-state index in [1.807, 2.05) is 30.3 Å². The number of sulfone groups is 1. The third-order valence-corrected chi connectivity index (χ3v) is 4.72. The molecule has 2 aromatic carbocycles. The molecule has 0 saturated heterocycles. The second-order valence-corrected chi connectivity index (χ2v) is 7.00. The molecule has 0 atom stereocenters. The number of benzene rings is 2. The van der Waals surface area contributed by atoms with Gasteiger partial charge in [0.25, 0.3) is 0 Å². The average molecular weight is 292 g/mol. The Hall–Kier alpha value is -1.68. The monoisotopic (exact) mass is 292 g/mol. The van der Waals surface area contributed by atoms with Gasteiger partial charge in [0.15, 0.2) is 9.84 Å². The molecule has 20 heavy (non-hydrogen) atoms. The Kier molecular flexibility index (Phi) is 4.90. The van der Waals surface area contributed by atoms with Crippen LogP contribution in [0.2, 0.25) is 0 Å². The zero-order valence-corrected chi connectivity index (χ0v) is 11.9. The van der Waals surface area contributed by atoms with E-state index in [4.69, 9.17) is 0 Å². The van der Waals surface area contributed by atoms with Crippen LogP contribution >= 0.6 is 0 Å². The minimum absolute atomic E-state index is 0.0977. The molecule has 0 aromatic heterocycles. The summed E-state index contributed by atoms with van der Waals surface area (Å²) >= 11 is 0. The van der Waals surface area contributed by atoms with Crippen LogP contribution in [0.25, 0.3) is 0 Å². The molecule has 0 amide bonds. The standard InChI is InChI=1S/C16H17FO2S/c17-16-10-4-8-15(12-16)13-20(18,19)11-5-9-14-6-2-1-3-7-14/h1-4,6-8,10,12H,5,9,11,13H2. The second-order valence-electron chi connectivity index (χ2n) is 4.81. The molecule has 0 aliphatic heterocycles. The highest BCUT2D eigenvalue weighted by Gasteiger charge is 2.12. The van der Waals surface area contributed by atoms with Gasteiger partial charge in [-0.25, -0.2) is 12.8 Å². The summed E-state index contributed by atoms with van der Waals surface area (Å²) in [4.78, 5) is 0. The molecule has 4 heteroatoms. The van der Waals surface area contributed by atoms with Gasteiger partial charge in [-0.2, -0.15) is 0 Å². The molecule has 0 aliphatic rings. The summed E-state index contributed by atoms with van der Waals surface area (Å²) in [6, 6.07) is 15.5. The Morgan fingerprint density at radius 2 is 1.60 bits per heavy atom. The van der Waals surface area contributed by atoms with Crippen molar-refractivity contribution in [2.24, 2.45) is 0 Å². The van der Waals surface area contributed by atoms with Gasteiger partial charge in [-0.1, -0.05) is 42.5 Å². The molecule has 2 nitrogen and oxygen atoms in total. The molecular weight excluding hydrogens is 275 g/mol. The van der Waals surface area contributed by atoms with Crippen molar-refractivity contribution in [2.45, 2.75) is 18.6 Å². The highest BCUT2D eigenvalue weighted by Crippen LogP contribution is 2.11. The first-order chi connectivity index (χ1) is 9.55.